The molecule has 2 saturated heterocycles. The number of aryl methyl sites for hydroxylation is 4. The molecule has 0 saturated carbocycles. The number of hydrogen-bond donors (Lipinski definition) is 0. The number of para-hydroxylation sites is 2. The molecule has 2 aliphatic heterocycles. The van der Waals surface area contributed by atoms with Crippen LogP contribution >= 0.6 is 19.4 Å². The summed E-state index contributed by atoms with van der Waals surface area (Å²) in [5.74, 6) is 0. The second-order valence-corrected chi connectivity index (χ2v) is 24.2. The zero-order valence-corrected chi connectivity index (χ0v) is 42.4. The topological polar surface area (TPSA) is 6.48 Å². The normalized spacial score (nSPS) is 19.9. The van der Waals surface area contributed by atoms with Crippen LogP contribution < -0.4 is 9.80 Å². The average molecular weight is 975 g/mol. The Morgan fingerprint density at radius 1 is 0.516 bits per heavy atom. The third-order valence-corrected chi connectivity index (χ3v) is 16.6. The van der Waals surface area contributed by atoms with Gasteiger partial charge in [-0.3, -0.25) is 0 Å². The van der Waals surface area contributed by atoms with Crippen molar-refractivity contribution >= 4 is 40.4 Å². The van der Waals surface area contributed by atoms with Crippen molar-refractivity contribution in [1.82, 2.24) is 0 Å². The zero-order chi connectivity index (χ0) is 45.5. The Morgan fingerprint density at radius 2 is 0.969 bits per heavy atom. The molecular weight excluding hydrogens is 909 g/mol. The van der Waals surface area contributed by atoms with Gasteiger partial charge in [0.05, 0.1) is 0 Å². The van der Waals surface area contributed by atoms with Gasteiger partial charge in [-0.1, -0.05) is 156 Å². The summed E-state index contributed by atoms with van der Waals surface area (Å²) in [5, 5.41) is 0. The standard InChI is InChI=1S/C23H30N.C21H26N.C15H10.2ClH.Ru/c1-6-18-12-11-13-19(7-2)21(18)24-17-23(5,16-22(24,3)4)20-14-9-8-10-15-20;1-4-17-10-9-11-18(5-2)20(17)22-15-14-21(3,16-22)19-12-7-6-8-13-19;1-2-6-12(7-3-1)15-11-10-13-8-4-5-9-14(13)15;;;/h8-15,17H,6-7,16H2,1-5H3;6-13,16H,4-5,14-15H2,1-3H3;1-9,11H;2*1H;/q2*-1;;;;+2/p-2. The fraction of sp³-hybridized carbons (Fsp3) is 0.305. The zero-order valence-electron chi connectivity index (χ0n) is 39.1. The molecule has 64 heavy (non-hydrogen) atoms. The van der Waals surface area contributed by atoms with E-state index in [-0.39, 0.29) is 16.4 Å². The Bertz CT molecular complexity index is 2520. The van der Waals surface area contributed by atoms with Crippen LogP contribution in [-0.4, -0.2) is 16.2 Å². The fourth-order valence-electron chi connectivity index (χ4n) is 10.2. The number of halogens is 2. The molecule has 5 heteroatoms. The molecule has 2 nitrogen and oxygen atoms in total. The van der Waals surface area contributed by atoms with Gasteiger partial charge in [-0.15, -0.1) is 10.8 Å². The monoisotopic (exact) mass is 974 g/mol. The maximum absolute atomic E-state index is 6.19. The van der Waals surface area contributed by atoms with E-state index in [0.717, 1.165) is 42.8 Å². The summed E-state index contributed by atoms with van der Waals surface area (Å²) in [5.41, 5.74) is 16.8. The van der Waals surface area contributed by atoms with Crippen molar-refractivity contribution in [3.63, 3.8) is 0 Å². The van der Waals surface area contributed by atoms with Gasteiger partial charge in [0.2, 0.25) is 0 Å². The molecule has 0 N–H and O–H groups in total. The van der Waals surface area contributed by atoms with Crippen molar-refractivity contribution in [2.45, 2.75) is 110 Å². The van der Waals surface area contributed by atoms with Gasteiger partial charge in [0.1, 0.15) is 0 Å². The van der Waals surface area contributed by atoms with Gasteiger partial charge in [0, 0.05) is 16.9 Å². The summed E-state index contributed by atoms with van der Waals surface area (Å²) in [6.07, 6.45) is 8.80. The van der Waals surface area contributed by atoms with Crippen LogP contribution in [-0.2, 0) is 50.0 Å². The molecule has 336 valence electrons. The van der Waals surface area contributed by atoms with Gasteiger partial charge >= 0.3 is 120 Å². The van der Waals surface area contributed by atoms with Gasteiger partial charge in [0.15, 0.2) is 0 Å². The maximum atomic E-state index is 6.19. The second kappa shape index (κ2) is 20.9. The number of rotatable bonds is 9. The first kappa shape index (κ1) is 47.7. The quantitative estimate of drug-likeness (QED) is 0.105. The molecule has 2 heterocycles. The number of nitrogens with zero attached hydrogens (tertiary/aromatic N) is 2. The van der Waals surface area contributed by atoms with E-state index in [0.29, 0.717) is 0 Å². The minimum atomic E-state index is -1.88. The third-order valence-electron chi connectivity index (χ3n) is 13.5. The van der Waals surface area contributed by atoms with Crippen LogP contribution in [0.15, 0.2) is 158 Å². The van der Waals surface area contributed by atoms with Crippen molar-refractivity contribution in [3.05, 3.63) is 221 Å². The molecule has 0 bridgehead atoms. The first-order valence-electron chi connectivity index (χ1n) is 23.2. The van der Waals surface area contributed by atoms with Crippen LogP contribution in [0.2, 0.25) is 0 Å². The fourth-order valence-corrected chi connectivity index (χ4v) is 12.6. The van der Waals surface area contributed by atoms with Crippen LogP contribution in [0.1, 0.15) is 118 Å². The van der Waals surface area contributed by atoms with Crippen LogP contribution in [0.4, 0.5) is 11.4 Å². The van der Waals surface area contributed by atoms with E-state index in [2.05, 4.69) is 212 Å². The van der Waals surface area contributed by atoms with E-state index in [4.69, 9.17) is 19.4 Å². The van der Waals surface area contributed by atoms with E-state index in [1.165, 1.54) is 73.4 Å². The molecule has 9 rings (SSSR count). The number of fused-ring (bicyclic) bond motifs is 1. The second-order valence-electron chi connectivity index (χ2n) is 18.4. The Hall–Kier alpha value is -4.27. The van der Waals surface area contributed by atoms with Gasteiger partial charge in [-0.05, 0) is 74.8 Å². The van der Waals surface area contributed by atoms with E-state index in [9.17, 15) is 0 Å². The molecule has 3 aliphatic rings. The van der Waals surface area contributed by atoms with Gasteiger partial charge in [0.25, 0.3) is 0 Å². The summed E-state index contributed by atoms with van der Waals surface area (Å²) in [6, 6.07) is 54.1. The Kier molecular flexibility index (Phi) is 15.6. The molecule has 2 atom stereocenters. The molecule has 0 amide bonds. The molecular formula is C59H66Cl2N2Ru-2. The van der Waals surface area contributed by atoms with E-state index < -0.39 is 13.5 Å². The number of allylic oxidation sites excluding steroid dienone is 1. The number of hydrogen-bond acceptors (Lipinski definition) is 2. The molecule has 0 aromatic heterocycles. The average Bonchev–Trinajstić information content (AvgIpc) is 4.00. The molecule has 2 unspecified atom stereocenters. The molecule has 0 spiro atoms. The summed E-state index contributed by atoms with van der Waals surface area (Å²) in [7, 11) is 12.4. The predicted octanol–water partition coefficient (Wildman–Crippen LogP) is 15.6. The molecule has 6 aromatic carbocycles. The van der Waals surface area contributed by atoms with Gasteiger partial charge in [-0.25, -0.2) is 13.1 Å². The molecule has 2 fully saturated rings. The number of anilines is 2. The van der Waals surface area contributed by atoms with Crippen LogP contribution in [0.3, 0.4) is 0 Å². The SMILES string of the molecule is CCc1cccc(CC)c1N1[CH-]C(C)(c2ccccc2)CC1.CCc1cccc(CC)c1N1[CH-]C(C)(c2ccccc2)CC1(C)C.[Cl][Ru]([Cl])=[C]1C=C(c2ccccc2)c2ccccc21. The first-order chi connectivity index (χ1) is 30.9. The van der Waals surface area contributed by atoms with Crippen molar-refractivity contribution < 1.29 is 13.5 Å². The Morgan fingerprint density at radius 3 is 1.47 bits per heavy atom. The minimum absolute atomic E-state index is 0.0800. The van der Waals surface area contributed by atoms with E-state index in [1.54, 1.807) is 0 Å². The van der Waals surface area contributed by atoms with E-state index >= 15 is 0 Å². The number of benzene rings is 6. The Labute approximate surface area is 398 Å². The van der Waals surface area contributed by atoms with Crippen LogP contribution in [0.5, 0.6) is 0 Å². The van der Waals surface area contributed by atoms with Crippen molar-refractivity contribution in [2.24, 2.45) is 0 Å². The summed E-state index contributed by atoms with van der Waals surface area (Å²) in [4.78, 5) is 5.07. The summed E-state index contributed by atoms with van der Waals surface area (Å²) < 4.78 is 1.12. The van der Waals surface area contributed by atoms with Crippen LogP contribution in [0, 0.1) is 13.1 Å². The van der Waals surface area contributed by atoms with E-state index in [1.807, 2.05) is 24.3 Å². The van der Waals surface area contributed by atoms with Crippen molar-refractivity contribution in [3.8, 4) is 0 Å². The third kappa shape index (κ3) is 10.2. The van der Waals surface area contributed by atoms with Gasteiger partial charge in [-0.2, -0.15) is 0 Å². The Balaban J connectivity index is 0.000000145. The summed E-state index contributed by atoms with van der Waals surface area (Å²) >= 11 is -1.88. The van der Waals surface area contributed by atoms with Crippen molar-refractivity contribution in [1.29, 1.82) is 0 Å². The predicted molar refractivity (Wildman–Crippen MR) is 275 cm³/mol. The van der Waals surface area contributed by atoms with Crippen LogP contribution in [0.25, 0.3) is 5.57 Å². The molecule has 1 aliphatic carbocycles. The van der Waals surface area contributed by atoms with Gasteiger partial charge < -0.3 is 9.80 Å². The molecule has 6 aromatic rings. The molecule has 0 radical (unpaired) electrons. The van der Waals surface area contributed by atoms with Crippen molar-refractivity contribution in [2.75, 3.05) is 16.3 Å². The summed E-state index contributed by atoms with van der Waals surface area (Å²) in [6.45, 7) is 24.6. The first-order valence-corrected chi connectivity index (χ1v) is 28.5.